The van der Waals surface area contributed by atoms with Gasteiger partial charge in [-0.25, -0.2) is 0 Å². The van der Waals surface area contributed by atoms with Crippen LogP contribution in [0.5, 0.6) is 0 Å². The third-order valence-corrected chi connectivity index (χ3v) is 4.85. The Labute approximate surface area is 145 Å². The second kappa shape index (κ2) is 16.3. The number of hydrogen-bond acceptors (Lipinski definition) is 2. The summed E-state index contributed by atoms with van der Waals surface area (Å²) in [5.74, 6) is 1.02. The van der Waals surface area contributed by atoms with Crippen molar-refractivity contribution in [3.8, 4) is 0 Å². The Bertz CT molecular complexity index is 275. The van der Waals surface area contributed by atoms with E-state index in [-0.39, 0.29) is 0 Å². The summed E-state index contributed by atoms with van der Waals surface area (Å²) in [6.45, 7) is 4.16. The number of rotatable bonds is 16. The molecule has 2 heteroatoms. The molecule has 0 fully saturated rings. The van der Waals surface area contributed by atoms with Crippen molar-refractivity contribution in [2.24, 2.45) is 4.99 Å². The standard InChI is InChI=1S/C21H41NO/c1-2-3-4-5-6-7-8-9-10-11-12-13-14-15-16-18-21-22-19-17-20-23-21/h2-20H2,1H3. The molecule has 0 radical (unpaired) electrons. The van der Waals surface area contributed by atoms with Gasteiger partial charge in [0.2, 0.25) is 0 Å². The largest absolute Gasteiger partial charge is 0.481 e. The lowest BCUT2D eigenvalue weighted by Gasteiger charge is -2.13. The lowest BCUT2D eigenvalue weighted by Crippen LogP contribution is -2.13. The minimum atomic E-state index is 0.886. The van der Waals surface area contributed by atoms with Crippen molar-refractivity contribution in [3.05, 3.63) is 0 Å². The van der Waals surface area contributed by atoms with Crippen LogP contribution in [0.4, 0.5) is 0 Å². The average Bonchev–Trinajstić information content (AvgIpc) is 2.59. The third-order valence-electron chi connectivity index (χ3n) is 4.85. The molecule has 1 rings (SSSR count). The third kappa shape index (κ3) is 13.6. The molecule has 0 unspecified atom stereocenters. The maximum absolute atomic E-state index is 5.55. The van der Waals surface area contributed by atoms with Crippen LogP contribution in [-0.4, -0.2) is 19.0 Å². The molecule has 2 nitrogen and oxygen atoms in total. The number of aliphatic imine (C=N–C) groups is 1. The molecule has 23 heavy (non-hydrogen) atoms. The zero-order chi connectivity index (χ0) is 16.4. The molecule has 0 aromatic carbocycles. The van der Waals surface area contributed by atoms with Gasteiger partial charge in [-0.15, -0.1) is 0 Å². The van der Waals surface area contributed by atoms with Gasteiger partial charge < -0.3 is 4.74 Å². The minimum absolute atomic E-state index is 0.886. The van der Waals surface area contributed by atoms with E-state index in [9.17, 15) is 0 Å². The van der Waals surface area contributed by atoms with Gasteiger partial charge in [0.1, 0.15) is 0 Å². The predicted molar refractivity (Wildman–Crippen MR) is 102 cm³/mol. The van der Waals surface area contributed by atoms with E-state index in [2.05, 4.69) is 11.9 Å². The lowest BCUT2D eigenvalue weighted by atomic mass is 10.0. The van der Waals surface area contributed by atoms with Crippen LogP contribution in [0.2, 0.25) is 0 Å². The van der Waals surface area contributed by atoms with E-state index in [1.807, 2.05) is 0 Å². The van der Waals surface area contributed by atoms with Gasteiger partial charge in [-0.3, -0.25) is 4.99 Å². The van der Waals surface area contributed by atoms with Gasteiger partial charge in [0.15, 0.2) is 5.90 Å². The summed E-state index contributed by atoms with van der Waals surface area (Å²) in [6.07, 6.45) is 23.5. The van der Waals surface area contributed by atoms with Gasteiger partial charge in [-0.05, 0) is 6.42 Å². The van der Waals surface area contributed by atoms with Crippen LogP contribution in [0.25, 0.3) is 0 Å². The highest BCUT2D eigenvalue weighted by Gasteiger charge is 2.04. The number of ether oxygens (including phenoxy) is 1. The first kappa shape index (κ1) is 20.5. The van der Waals surface area contributed by atoms with E-state index in [0.29, 0.717) is 0 Å². The van der Waals surface area contributed by atoms with Crippen LogP contribution in [0, 0.1) is 0 Å². The Morgan fingerprint density at radius 3 is 1.61 bits per heavy atom. The van der Waals surface area contributed by atoms with Crippen molar-refractivity contribution in [1.82, 2.24) is 0 Å². The molecule has 136 valence electrons. The van der Waals surface area contributed by atoms with E-state index < -0.39 is 0 Å². The topological polar surface area (TPSA) is 21.6 Å². The summed E-state index contributed by atoms with van der Waals surface area (Å²) in [5.41, 5.74) is 0. The van der Waals surface area contributed by atoms with Gasteiger partial charge in [-0.1, -0.05) is 96.8 Å². The molecule has 0 N–H and O–H groups in total. The highest BCUT2D eigenvalue weighted by Crippen LogP contribution is 2.14. The Hall–Kier alpha value is -0.530. The van der Waals surface area contributed by atoms with Crippen LogP contribution >= 0.6 is 0 Å². The van der Waals surface area contributed by atoms with Crippen LogP contribution in [0.15, 0.2) is 4.99 Å². The molecule has 0 bridgehead atoms. The Kier molecular flexibility index (Phi) is 14.6. The second-order valence-electron chi connectivity index (χ2n) is 7.18. The summed E-state index contributed by atoms with van der Waals surface area (Å²) in [7, 11) is 0. The summed E-state index contributed by atoms with van der Waals surface area (Å²) in [4.78, 5) is 4.43. The zero-order valence-corrected chi connectivity index (χ0v) is 15.8. The van der Waals surface area contributed by atoms with E-state index in [1.165, 1.54) is 96.3 Å². The summed E-state index contributed by atoms with van der Waals surface area (Å²) < 4.78 is 5.55. The average molecular weight is 324 g/mol. The van der Waals surface area contributed by atoms with Crippen molar-refractivity contribution in [2.75, 3.05) is 13.2 Å². The highest BCUT2D eigenvalue weighted by atomic mass is 16.5. The van der Waals surface area contributed by atoms with Crippen LogP contribution < -0.4 is 0 Å². The molecule has 0 spiro atoms. The normalized spacial score (nSPS) is 14.6. The molecule has 0 saturated carbocycles. The molecule has 0 aliphatic carbocycles. The van der Waals surface area contributed by atoms with Crippen molar-refractivity contribution < 1.29 is 4.74 Å². The molecule has 1 aliphatic rings. The quantitative estimate of drug-likeness (QED) is 0.278. The first-order chi connectivity index (χ1) is 11.4. The summed E-state index contributed by atoms with van der Waals surface area (Å²) >= 11 is 0. The minimum Gasteiger partial charge on any atom is -0.481 e. The first-order valence-electron chi connectivity index (χ1n) is 10.6. The fraction of sp³-hybridized carbons (Fsp3) is 0.952. The van der Waals surface area contributed by atoms with Crippen molar-refractivity contribution in [1.29, 1.82) is 0 Å². The van der Waals surface area contributed by atoms with Gasteiger partial charge in [0.05, 0.1) is 6.61 Å². The molecular weight excluding hydrogens is 282 g/mol. The van der Waals surface area contributed by atoms with E-state index in [0.717, 1.165) is 31.9 Å². The maximum atomic E-state index is 5.55. The van der Waals surface area contributed by atoms with Crippen LogP contribution in [-0.2, 0) is 4.74 Å². The smallest absolute Gasteiger partial charge is 0.183 e. The van der Waals surface area contributed by atoms with Crippen molar-refractivity contribution in [3.63, 3.8) is 0 Å². The molecule has 0 saturated heterocycles. The fourth-order valence-corrected chi connectivity index (χ4v) is 3.30. The Balaban J connectivity index is 1.69. The molecular formula is C21H41NO. The van der Waals surface area contributed by atoms with Crippen LogP contribution in [0.3, 0.4) is 0 Å². The first-order valence-corrected chi connectivity index (χ1v) is 10.6. The van der Waals surface area contributed by atoms with Gasteiger partial charge in [0, 0.05) is 19.4 Å². The van der Waals surface area contributed by atoms with E-state index in [4.69, 9.17) is 4.74 Å². The summed E-state index contributed by atoms with van der Waals surface area (Å²) in [5, 5.41) is 0. The number of unbranched alkanes of at least 4 members (excludes halogenated alkanes) is 14. The molecule has 1 aliphatic heterocycles. The van der Waals surface area contributed by atoms with E-state index in [1.54, 1.807) is 0 Å². The predicted octanol–water partition coefficient (Wildman–Crippen LogP) is 7.07. The van der Waals surface area contributed by atoms with Gasteiger partial charge >= 0.3 is 0 Å². The van der Waals surface area contributed by atoms with Gasteiger partial charge in [-0.2, -0.15) is 0 Å². The number of hydrogen-bond donors (Lipinski definition) is 0. The van der Waals surface area contributed by atoms with Crippen molar-refractivity contribution >= 4 is 5.90 Å². The SMILES string of the molecule is CCCCCCCCCCCCCCCCCC1=NCCCO1. The Morgan fingerprint density at radius 1 is 0.696 bits per heavy atom. The van der Waals surface area contributed by atoms with Crippen LogP contribution in [0.1, 0.15) is 116 Å². The fourth-order valence-electron chi connectivity index (χ4n) is 3.30. The lowest BCUT2D eigenvalue weighted by molar-refractivity contribution is 0.272. The molecule has 1 heterocycles. The Morgan fingerprint density at radius 2 is 1.17 bits per heavy atom. The second-order valence-corrected chi connectivity index (χ2v) is 7.18. The molecule has 0 atom stereocenters. The van der Waals surface area contributed by atoms with E-state index >= 15 is 0 Å². The monoisotopic (exact) mass is 323 g/mol. The molecule has 0 amide bonds. The summed E-state index contributed by atoms with van der Waals surface area (Å²) in [6, 6.07) is 0. The molecule has 0 aromatic rings. The zero-order valence-electron chi connectivity index (χ0n) is 15.8. The highest BCUT2D eigenvalue weighted by molar-refractivity contribution is 5.76. The number of nitrogens with zero attached hydrogens (tertiary/aromatic N) is 1. The van der Waals surface area contributed by atoms with Gasteiger partial charge in [0.25, 0.3) is 0 Å². The van der Waals surface area contributed by atoms with Crippen molar-refractivity contribution in [2.45, 2.75) is 116 Å². The maximum Gasteiger partial charge on any atom is 0.183 e. The molecule has 0 aromatic heterocycles.